The zero-order valence-corrected chi connectivity index (χ0v) is 13.8. The van der Waals surface area contributed by atoms with Crippen molar-refractivity contribution in [1.82, 2.24) is 4.90 Å². The highest BCUT2D eigenvalue weighted by Gasteiger charge is 2.32. The topological polar surface area (TPSA) is 24.5 Å². The van der Waals surface area contributed by atoms with Gasteiger partial charge in [0.2, 0.25) is 0 Å². The molecule has 1 N–H and O–H groups in total. The third-order valence-electron chi connectivity index (χ3n) is 4.31. The average Bonchev–Trinajstić information content (AvgIpc) is 2.58. The fourth-order valence-electron chi connectivity index (χ4n) is 3.10. The predicted molar refractivity (Wildman–Crippen MR) is 91.5 cm³/mol. The third kappa shape index (κ3) is 5.39. The molecule has 0 bridgehead atoms. The Morgan fingerprint density at radius 3 is 2.28 bits per heavy atom. The van der Waals surface area contributed by atoms with Crippen LogP contribution in [0, 0.1) is 0 Å². The molecule has 0 aromatic heterocycles. The molecule has 0 spiro atoms. The first-order chi connectivity index (χ1) is 12.0. The molecule has 3 nitrogen and oxygen atoms in total. The molecule has 25 heavy (non-hydrogen) atoms. The van der Waals surface area contributed by atoms with Gasteiger partial charge in [-0.3, -0.25) is 4.90 Å². The van der Waals surface area contributed by atoms with Crippen LogP contribution in [0.2, 0.25) is 0 Å². The summed E-state index contributed by atoms with van der Waals surface area (Å²) >= 11 is 0. The number of halogens is 3. The summed E-state index contributed by atoms with van der Waals surface area (Å²) in [6, 6.07) is 16.6. The zero-order chi connectivity index (χ0) is 17.7. The number of hydrogen-bond acceptors (Lipinski definition) is 3. The van der Waals surface area contributed by atoms with Gasteiger partial charge in [-0.15, -0.1) is 13.2 Å². The number of para-hydroxylation sites is 2. The molecule has 1 aliphatic heterocycles. The highest BCUT2D eigenvalue weighted by atomic mass is 19.4. The van der Waals surface area contributed by atoms with Gasteiger partial charge in [0.25, 0.3) is 0 Å². The summed E-state index contributed by atoms with van der Waals surface area (Å²) in [5.74, 6) is -0.179. The van der Waals surface area contributed by atoms with Crippen LogP contribution in [0.15, 0.2) is 54.6 Å². The number of piperidine rings is 1. The van der Waals surface area contributed by atoms with Gasteiger partial charge in [0.15, 0.2) is 5.75 Å². The Hall–Kier alpha value is -2.21. The van der Waals surface area contributed by atoms with E-state index in [0.29, 0.717) is 5.69 Å². The lowest BCUT2D eigenvalue weighted by molar-refractivity contribution is -0.274. The smallest absolute Gasteiger partial charge is 0.404 e. The largest absolute Gasteiger partial charge is 0.573 e. The minimum atomic E-state index is -4.68. The molecule has 2 aromatic carbocycles. The molecule has 3 rings (SSSR count). The van der Waals surface area contributed by atoms with Gasteiger partial charge < -0.3 is 10.1 Å². The van der Waals surface area contributed by atoms with Gasteiger partial charge in [-0.2, -0.15) is 0 Å². The lowest BCUT2D eigenvalue weighted by atomic mass is 10.0. The number of likely N-dealkylation sites (tertiary alicyclic amines) is 1. The van der Waals surface area contributed by atoms with Crippen molar-refractivity contribution >= 4 is 5.69 Å². The second-order valence-corrected chi connectivity index (χ2v) is 6.22. The fraction of sp³-hybridized carbons (Fsp3) is 0.368. The van der Waals surface area contributed by atoms with E-state index >= 15 is 0 Å². The number of hydrogen-bond donors (Lipinski definition) is 1. The molecule has 0 radical (unpaired) electrons. The van der Waals surface area contributed by atoms with Crippen LogP contribution in [0.1, 0.15) is 18.4 Å². The molecule has 2 aromatic rings. The van der Waals surface area contributed by atoms with Crippen LogP contribution in [0.3, 0.4) is 0 Å². The third-order valence-corrected chi connectivity index (χ3v) is 4.31. The van der Waals surface area contributed by atoms with Crippen LogP contribution in [0.5, 0.6) is 5.75 Å². The van der Waals surface area contributed by atoms with Crippen LogP contribution in [-0.4, -0.2) is 30.4 Å². The first-order valence-corrected chi connectivity index (χ1v) is 8.37. The number of ether oxygens (including phenoxy) is 1. The molecule has 0 unspecified atom stereocenters. The minimum absolute atomic E-state index is 0.144. The molecule has 0 aliphatic carbocycles. The number of benzene rings is 2. The quantitative estimate of drug-likeness (QED) is 0.849. The highest BCUT2D eigenvalue weighted by molar-refractivity contribution is 5.56. The van der Waals surface area contributed by atoms with Gasteiger partial charge in [0.1, 0.15) is 0 Å². The zero-order valence-electron chi connectivity index (χ0n) is 13.8. The maximum absolute atomic E-state index is 12.5. The van der Waals surface area contributed by atoms with Gasteiger partial charge in [-0.1, -0.05) is 42.5 Å². The Bertz CT molecular complexity index is 668. The molecule has 1 aliphatic rings. The molecule has 0 amide bonds. The van der Waals surface area contributed by atoms with E-state index in [1.807, 2.05) is 18.2 Å². The van der Waals surface area contributed by atoms with E-state index in [1.165, 1.54) is 17.7 Å². The second-order valence-electron chi connectivity index (χ2n) is 6.22. The lowest BCUT2D eigenvalue weighted by Gasteiger charge is -2.33. The summed E-state index contributed by atoms with van der Waals surface area (Å²) in [6.07, 6.45) is -2.92. The summed E-state index contributed by atoms with van der Waals surface area (Å²) in [7, 11) is 0. The summed E-state index contributed by atoms with van der Waals surface area (Å²) in [5, 5.41) is 3.20. The number of rotatable bonds is 5. The average molecular weight is 350 g/mol. The highest BCUT2D eigenvalue weighted by Crippen LogP contribution is 2.31. The Labute approximate surface area is 145 Å². The Balaban J connectivity index is 1.54. The van der Waals surface area contributed by atoms with Crippen LogP contribution in [0.4, 0.5) is 18.9 Å². The van der Waals surface area contributed by atoms with Gasteiger partial charge >= 0.3 is 6.36 Å². The van der Waals surface area contributed by atoms with E-state index in [0.717, 1.165) is 32.5 Å². The maximum Gasteiger partial charge on any atom is 0.573 e. The van der Waals surface area contributed by atoms with E-state index in [4.69, 9.17) is 0 Å². The van der Waals surface area contributed by atoms with Crippen LogP contribution in [0.25, 0.3) is 0 Å². The van der Waals surface area contributed by atoms with Crippen molar-refractivity contribution in [2.45, 2.75) is 31.8 Å². The van der Waals surface area contributed by atoms with Crippen LogP contribution < -0.4 is 10.1 Å². The standard InChI is InChI=1S/C19H21F3N2O/c20-19(21,22)25-18-9-5-4-8-17(18)23-16-10-12-24(13-11-16)14-15-6-2-1-3-7-15/h1-9,16,23H,10-14H2. The summed E-state index contributed by atoms with van der Waals surface area (Å²) in [6.45, 7) is 2.73. The summed E-state index contributed by atoms with van der Waals surface area (Å²) < 4.78 is 41.6. The molecular weight excluding hydrogens is 329 g/mol. The predicted octanol–water partition coefficient (Wildman–Crippen LogP) is 4.66. The molecule has 1 heterocycles. The van der Waals surface area contributed by atoms with Crippen molar-refractivity contribution in [3.63, 3.8) is 0 Å². The molecule has 0 atom stereocenters. The van der Waals surface area contributed by atoms with Crippen molar-refractivity contribution < 1.29 is 17.9 Å². The maximum atomic E-state index is 12.5. The van der Waals surface area contributed by atoms with E-state index in [2.05, 4.69) is 27.1 Å². The Morgan fingerprint density at radius 2 is 1.60 bits per heavy atom. The number of anilines is 1. The van der Waals surface area contributed by atoms with Gasteiger partial charge in [-0.05, 0) is 30.5 Å². The molecule has 1 fully saturated rings. The lowest BCUT2D eigenvalue weighted by Crippen LogP contribution is -2.38. The number of nitrogens with zero attached hydrogens (tertiary/aromatic N) is 1. The summed E-state index contributed by atoms with van der Waals surface area (Å²) in [5.41, 5.74) is 1.67. The van der Waals surface area contributed by atoms with Crippen molar-refractivity contribution in [3.05, 3.63) is 60.2 Å². The van der Waals surface area contributed by atoms with Gasteiger partial charge in [0.05, 0.1) is 5.69 Å². The summed E-state index contributed by atoms with van der Waals surface area (Å²) in [4.78, 5) is 2.37. The monoisotopic (exact) mass is 350 g/mol. The Kier molecular flexibility index (Phi) is 5.48. The van der Waals surface area contributed by atoms with Crippen molar-refractivity contribution in [1.29, 1.82) is 0 Å². The first kappa shape index (κ1) is 17.6. The first-order valence-electron chi connectivity index (χ1n) is 8.37. The van der Waals surface area contributed by atoms with Gasteiger partial charge in [-0.25, -0.2) is 0 Å². The van der Waals surface area contributed by atoms with E-state index in [9.17, 15) is 13.2 Å². The SMILES string of the molecule is FC(F)(F)Oc1ccccc1NC1CCN(Cc2ccccc2)CC1. The normalized spacial score (nSPS) is 16.6. The van der Waals surface area contributed by atoms with Crippen molar-refractivity contribution in [3.8, 4) is 5.75 Å². The van der Waals surface area contributed by atoms with Crippen molar-refractivity contribution in [2.24, 2.45) is 0 Å². The second kappa shape index (κ2) is 7.78. The number of nitrogens with one attached hydrogen (secondary N) is 1. The molecular formula is C19H21F3N2O. The molecule has 0 saturated carbocycles. The van der Waals surface area contributed by atoms with Crippen molar-refractivity contribution in [2.75, 3.05) is 18.4 Å². The molecule has 6 heteroatoms. The van der Waals surface area contributed by atoms with E-state index in [1.54, 1.807) is 12.1 Å². The minimum Gasteiger partial charge on any atom is -0.404 e. The molecule has 1 saturated heterocycles. The van der Waals surface area contributed by atoms with Gasteiger partial charge in [0, 0.05) is 25.7 Å². The van der Waals surface area contributed by atoms with E-state index in [-0.39, 0.29) is 11.8 Å². The fourth-order valence-corrected chi connectivity index (χ4v) is 3.10. The number of alkyl halides is 3. The molecule has 134 valence electrons. The van der Waals surface area contributed by atoms with Crippen LogP contribution >= 0.6 is 0 Å². The van der Waals surface area contributed by atoms with Crippen LogP contribution in [-0.2, 0) is 6.54 Å². The Morgan fingerprint density at radius 1 is 0.960 bits per heavy atom. The van der Waals surface area contributed by atoms with E-state index < -0.39 is 6.36 Å².